The van der Waals surface area contributed by atoms with Crippen LogP contribution in [0.15, 0.2) is 36.4 Å². The second-order valence-electron chi connectivity index (χ2n) is 16.4. The molecule has 1 aliphatic carbocycles. The van der Waals surface area contributed by atoms with Crippen molar-refractivity contribution in [1.82, 2.24) is 0 Å². The van der Waals surface area contributed by atoms with Crippen molar-refractivity contribution in [2.24, 2.45) is 0 Å². The van der Waals surface area contributed by atoms with Crippen LogP contribution in [-0.4, -0.2) is 23.5 Å². The zero-order valence-electron chi connectivity index (χ0n) is 35.5. The van der Waals surface area contributed by atoms with Gasteiger partial charge in [0.15, 0.2) is 11.6 Å². The molecule has 0 radical (unpaired) electrons. The number of ether oxygens (including phenoxy) is 2. The minimum Gasteiger partial charge on any atom is -0.427 e. The van der Waals surface area contributed by atoms with Gasteiger partial charge in [0.2, 0.25) is 0 Å². The monoisotopic (exact) mass is 773 g/mol. The molecule has 2 aromatic rings. The molecule has 6 heteroatoms. The van der Waals surface area contributed by atoms with Crippen LogP contribution in [0, 0.1) is 0 Å². The zero-order chi connectivity index (χ0) is 40.1. The minimum absolute atomic E-state index is 0.220. The van der Waals surface area contributed by atoms with E-state index in [-0.39, 0.29) is 57.3 Å². The van der Waals surface area contributed by atoms with E-state index >= 15 is 0 Å². The van der Waals surface area contributed by atoms with Gasteiger partial charge in [0.05, 0.1) is 0 Å². The number of esters is 2. The summed E-state index contributed by atoms with van der Waals surface area (Å²) in [5, 5.41) is 0. The number of hydrogen-bond acceptors (Lipinski definition) is 6. The molecule has 3 rings (SSSR count). The van der Waals surface area contributed by atoms with Gasteiger partial charge in [-0.25, -0.2) is 0 Å². The maximum absolute atomic E-state index is 13.4. The summed E-state index contributed by atoms with van der Waals surface area (Å²) in [6, 6.07) is 9.22. The molecule has 0 spiro atoms. The largest absolute Gasteiger partial charge is 0.427 e. The Balaban J connectivity index is 1.26. The maximum atomic E-state index is 13.4. The maximum Gasteiger partial charge on any atom is 0.311 e. The highest BCUT2D eigenvalue weighted by atomic mass is 16.5. The topological polar surface area (TPSA) is 86.7 Å². The molecule has 0 amide bonds. The molecule has 1 aliphatic rings. The van der Waals surface area contributed by atoms with Gasteiger partial charge in [0.1, 0.15) is 11.5 Å². The SMILES string of the molecule is CCCCCCCCCCCCCCCCCC(=O)Oc1ccc2c(c1)C(=O)c1ccc(OC(=O)CCCCCCCCCCCCCCCCC)cc1C2=O. The van der Waals surface area contributed by atoms with E-state index < -0.39 is 0 Å². The Morgan fingerprint density at radius 3 is 0.875 bits per heavy atom. The quantitative estimate of drug-likeness (QED) is 0.0341. The van der Waals surface area contributed by atoms with Crippen molar-refractivity contribution in [3.63, 3.8) is 0 Å². The average Bonchev–Trinajstić information content (AvgIpc) is 3.19. The molecule has 0 saturated heterocycles. The van der Waals surface area contributed by atoms with Crippen molar-refractivity contribution in [2.75, 3.05) is 0 Å². The molecule has 0 aromatic heterocycles. The number of fused-ring (bicyclic) bond motifs is 2. The molecule has 0 saturated carbocycles. The molecule has 312 valence electrons. The number of ketones is 2. The normalized spacial score (nSPS) is 12.1. The van der Waals surface area contributed by atoms with Crippen molar-refractivity contribution in [3.8, 4) is 11.5 Å². The van der Waals surface area contributed by atoms with Crippen LogP contribution < -0.4 is 9.47 Å². The third kappa shape index (κ3) is 19.2. The Kier molecular flexibility index (Phi) is 25.1. The lowest BCUT2D eigenvalue weighted by Crippen LogP contribution is -2.21. The lowest BCUT2D eigenvalue weighted by molar-refractivity contribution is -0.135. The fourth-order valence-electron chi connectivity index (χ4n) is 7.88. The summed E-state index contributed by atoms with van der Waals surface area (Å²) in [5.74, 6) is -0.751. The Labute approximate surface area is 340 Å². The van der Waals surface area contributed by atoms with Crippen LogP contribution >= 0.6 is 0 Å². The van der Waals surface area contributed by atoms with Crippen molar-refractivity contribution < 1.29 is 28.7 Å². The van der Waals surface area contributed by atoms with Crippen molar-refractivity contribution in [1.29, 1.82) is 0 Å². The van der Waals surface area contributed by atoms with Crippen LogP contribution in [0.5, 0.6) is 11.5 Å². The third-order valence-corrected chi connectivity index (χ3v) is 11.4. The van der Waals surface area contributed by atoms with Crippen LogP contribution in [0.3, 0.4) is 0 Å². The van der Waals surface area contributed by atoms with Gasteiger partial charge in [-0.3, -0.25) is 19.2 Å². The molecule has 6 nitrogen and oxygen atoms in total. The van der Waals surface area contributed by atoms with Gasteiger partial charge < -0.3 is 9.47 Å². The highest BCUT2D eigenvalue weighted by Crippen LogP contribution is 2.32. The smallest absolute Gasteiger partial charge is 0.311 e. The molecule has 0 fully saturated rings. The lowest BCUT2D eigenvalue weighted by Gasteiger charge is -2.19. The molecular formula is C50H76O6. The number of carbonyl (C=O) groups is 4. The van der Waals surface area contributed by atoms with E-state index in [1.807, 2.05) is 0 Å². The summed E-state index contributed by atoms with van der Waals surface area (Å²) in [7, 11) is 0. The van der Waals surface area contributed by atoms with Crippen LogP contribution in [-0.2, 0) is 9.59 Å². The van der Waals surface area contributed by atoms with Gasteiger partial charge in [-0.05, 0) is 49.2 Å². The Morgan fingerprint density at radius 2 is 0.607 bits per heavy atom. The molecular weight excluding hydrogens is 697 g/mol. The first-order valence-corrected chi connectivity index (χ1v) is 23.2. The van der Waals surface area contributed by atoms with E-state index in [4.69, 9.17) is 9.47 Å². The number of rotatable bonds is 34. The molecule has 56 heavy (non-hydrogen) atoms. The summed E-state index contributed by atoms with van der Waals surface area (Å²) in [6.45, 7) is 4.53. The van der Waals surface area contributed by atoms with Crippen LogP contribution in [0.4, 0.5) is 0 Å². The van der Waals surface area contributed by atoms with Crippen molar-refractivity contribution in [2.45, 2.75) is 219 Å². The lowest BCUT2D eigenvalue weighted by atomic mass is 9.84. The minimum atomic E-state index is -0.328. The Hall–Kier alpha value is -3.28. The van der Waals surface area contributed by atoms with E-state index in [2.05, 4.69) is 13.8 Å². The van der Waals surface area contributed by atoms with Gasteiger partial charge in [0.25, 0.3) is 0 Å². The summed E-state index contributed by atoms with van der Waals surface area (Å²) >= 11 is 0. The highest BCUT2D eigenvalue weighted by molar-refractivity contribution is 6.28. The molecule has 0 aliphatic heterocycles. The Morgan fingerprint density at radius 1 is 0.357 bits per heavy atom. The second-order valence-corrected chi connectivity index (χ2v) is 16.4. The predicted octanol–water partition coefficient (Wildman–Crippen LogP) is 14.8. The van der Waals surface area contributed by atoms with Gasteiger partial charge in [-0.1, -0.05) is 194 Å². The first-order valence-electron chi connectivity index (χ1n) is 23.2. The average molecular weight is 773 g/mol. The van der Waals surface area contributed by atoms with Gasteiger partial charge in [-0.15, -0.1) is 0 Å². The van der Waals surface area contributed by atoms with Gasteiger partial charge in [0, 0.05) is 35.1 Å². The predicted molar refractivity (Wildman–Crippen MR) is 230 cm³/mol. The summed E-state index contributed by atoms with van der Waals surface area (Å²) < 4.78 is 11.1. The molecule has 0 bridgehead atoms. The molecule has 0 heterocycles. The van der Waals surface area contributed by atoms with Crippen molar-refractivity contribution >= 4 is 23.5 Å². The second kappa shape index (κ2) is 29.9. The van der Waals surface area contributed by atoms with E-state index in [1.54, 1.807) is 24.3 Å². The molecule has 0 atom stereocenters. The van der Waals surface area contributed by atoms with Crippen LogP contribution in [0.1, 0.15) is 251 Å². The number of hydrogen-bond donors (Lipinski definition) is 0. The number of benzene rings is 2. The number of unbranched alkanes of at least 4 members (excludes halogenated alkanes) is 28. The Bertz CT molecular complexity index is 1320. The van der Waals surface area contributed by atoms with Crippen LogP contribution in [0.2, 0.25) is 0 Å². The molecule has 0 unspecified atom stereocenters. The zero-order valence-corrected chi connectivity index (χ0v) is 35.5. The van der Waals surface area contributed by atoms with E-state index in [1.165, 1.54) is 166 Å². The van der Waals surface area contributed by atoms with Gasteiger partial charge in [-0.2, -0.15) is 0 Å². The van der Waals surface area contributed by atoms with Gasteiger partial charge >= 0.3 is 11.9 Å². The number of carbonyl (C=O) groups excluding carboxylic acids is 4. The summed E-state index contributed by atoms with van der Waals surface area (Å²) in [4.78, 5) is 52.0. The third-order valence-electron chi connectivity index (χ3n) is 11.4. The first-order chi connectivity index (χ1) is 27.4. The fraction of sp³-hybridized carbons (Fsp3) is 0.680. The molecule has 2 aromatic carbocycles. The van der Waals surface area contributed by atoms with Crippen LogP contribution in [0.25, 0.3) is 0 Å². The van der Waals surface area contributed by atoms with Crippen molar-refractivity contribution in [3.05, 3.63) is 58.7 Å². The summed E-state index contributed by atoms with van der Waals surface area (Å²) in [5.41, 5.74) is 0.951. The summed E-state index contributed by atoms with van der Waals surface area (Å²) in [6.07, 6.45) is 38.6. The fourth-order valence-corrected chi connectivity index (χ4v) is 7.88. The van der Waals surface area contributed by atoms with E-state index in [9.17, 15) is 19.2 Å². The first kappa shape index (κ1) is 47.1. The highest BCUT2D eigenvalue weighted by Gasteiger charge is 2.31. The standard InChI is InChI=1S/C50H76O6/c1-3-5-7-9-11-13-15-17-19-21-23-25-27-29-31-33-47(51)55-41-35-37-43-45(39-41)49(53)44-38-36-42(40-46(44)50(43)54)56-48(52)34-32-30-28-26-24-22-20-18-16-14-12-10-8-6-4-2/h35-40H,3-34H2,1-2H3. The molecule has 0 N–H and O–H groups in total. The van der Waals surface area contributed by atoms with E-state index in [0.29, 0.717) is 12.8 Å². The van der Waals surface area contributed by atoms with E-state index in [0.717, 1.165) is 38.5 Å².